The van der Waals surface area contributed by atoms with Gasteiger partial charge in [-0.2, -0.15) is 5.26 Å². The first-order valence-corrected chi connectivity index (χ1v) is 6.92. The number of carbonyl (C=O) groups is 1. The van der Waals surface area contributed by atoms with Gasteiger partial charge in [0.2, 0.25) is 0 Å². The van der Waals surface area contributed by atoms with E-state index in [1.807, 2.05) is 0 Å². The summed E-state index contributed by atoms with van der Waals surface area (Å²) in [6.07, 6.45) is 1.51. The molecular formula is C13H12BrClN2O. The van der Waals surface area contributed by atoms with Gasteiger partial charge in [-0.25, -0.2) is 0 Å². The number of rotatable bonds is 1. The Labute approximate surface area is 119 Å². The van der Waals surface area contributed by atoms with Crippen LogP contribution in [0.5, 0.6) is 0 Å². The van der Waals surface area contributed by atoms with Crippen LogP contribution < -0.4 is 0 Å². The highest BCUT2D eigenvalue weighted by Gasteiger charge is 2.23. The molecule has 0 unspecified atom stereocenters. The van der Waals surface area contributed by atoms with Crippen LogP contribution in [-0.2, 0) is 0 Å². The Morgan fingerprint density at radius 2 is 2.06 bits per heavy atom. The quantitative estimate of drug-likeness (QED) is 0.792. The second kappa shape index (κ2) is 5.73. The van der Waals surface area contributed by atoms with Gasteiger partial charge in [0.15, 0.2) is 0 Å². The van der Waals surface area contributed by atoms with E-state index in [1.165, 1.54) is 0 Å². The molecule has 5 heteroatoms. The molecule has 0 aromatic heterocycles. The first kappa shape index (κ1) is 13.4. The molecule has 18 heavy (non-hydrogen) atoms. The molecule has 1 aromatic rings. The van der Waals surface area contributed by atoms with Gasteiger partial charge in [-0.1, -0.05) is 27.5 Å². The highest BCUT2D eigenvalue weighted by atomic mass is 79.9. The number of nitriles is 1. The number of piperidine rings is 1. The molecule has 0 aliphatic carbocycles. The second-order valence-electron chi connectivity index (χ2n) is 4.35. The van der Waals surface area contributed by atoms with E-state index < -0.39 is 0 Å². The van der Waals surface area contributed by atoms with Gasteiger partial charge in [-0.15, -0.1) is 0 Å². The van der Waals surface area contributed by atoms with Gasteiger partial charge in [0, 0.05) is 34.1 Å². The summed E-state index contributed by atoms with van der Waals surface area (Å²) >= 11 is 9.26. The van der Waals surface area contributed by atoms with Gasteiger partial charge >= 0.3 is 0 Å². The van der Waals surface area contributed by atoms with Crippen molar-refractivity contribution in [3.63, 3.8) is 0 Å². The fourth-order valence-corrected chi connectivity index (χ4v) is 2.93. The van der Waals surface area contributed by atoms with Crippen molar-refractivity contribution in [2.24, 2.45) is 5.92 Å². The topological polar surface area (TPSA) is 44.1 Å². The fraction of sp³-hybridized carbons (Fsp3) is 0.385. The summed E-state index contributed by atoms with van der Waals surface area (Å²) in [5.41, 5.74) is 0.588. The normalized spacial score (nSPS) is 16.4. The van der Waals surface area contributed by atoms with Crippen molar-refractivity contribution < 1.29 is 4.79 Å². The highest BCUT2D eigenvalue weighted by molar-refractivity contribution is 9.10. The standard InChI is InChI=1S/C13H12BrClN2O/c14-11-5-10(6-12(15)7-11)13(18)17-3-1-9(8-16)2-4-17/h5-7,9H,1-4H2. The zero-order valence-corrected chi connectivity index (χ0v) is 12.0. The molecule has 1 aliphatic rings. The molecule has 1 saturated heterocycles. The summed E-state index contributed by atoms with van der Waals surface area (Å²) in [4.78, 5) is 14.0. The third kappa shape index (κ3) is 3.04. The van der Waals surface area contributed by atoms with Crippen LogP contribution >= 0.6 is 27.5 Å². The van der Waals surface area contributed by atoms with Crippen molar-refractivity contribution >= 4 is 33.4 Å². The van der Waals surface area contributed by atoms with E-state index in [-0.39, 0.29) is 11.8 Å². The van der Waals surface area contributed by atoms with E-state index in [0.29, 0.717) is 23.7 Å². The van der Waals surface area contributed by atoms with Gasteiger partial charge in [-0.3, -0.25) is 4.79 Å². The number of nitrogens with zero attached hydrogens (tertiary/aromatic N) is 2. The number of benzene rings is 1. The maximum absolute atomic E-state index is 12.3. The molecule has 3 nitrogen and oxygen atoms in total. The Morgan fingerprint density at radius 3 is 2.61 bits per heavy atom. The number of hydrogen-bond acceptors (Lipinski definition) is 2. The van der Waals surface area contributed by atoms with Crippen LogP contribution in [0.1, 0.15) is 23.2 Å². The first-order chi connectivity index (χ1) is 8.60. The minimum absolute atomic E-state index is 0.0189. The van der Waals surface area contributed by atoms with Crippen molar-refractivity contribution in [1.29, 1.82) is 5.26 Å². The summed E-state index contributed by atoms with van der Waals surface area (Å²) in [6.45, 7) is 1.28. The van der Waals surface area contributed by atoms with Crippen LogP contribution in [0.3, 0.4) is 0 Å². The summed E-state index contributed by atoms with van der Waals surface area (Å²) < 4.78 is 0.797. The molecule has 0 bridgehead atoms. The molecule has 94 valence electrons. The smallest absolute Gasteiger partial charge is 0.253 e. The van der Waals surface area contributed by atoms with Crippen LogP contribution in [0.15, 0.2) is 22.7 Å². The predicted molar refractivity (Wildman–Crippen MR) is 73.4 cm³/mol. The predicted octanol–water partition coefficient (Wildman–Crippen LogP) is 3.48. The molecular weight excluding hydrogens is 316 g/mol. The molecule has 0 spiro atoms. The van der Waals surface area contributed by atoms with Crippen LogP contribution in [0.2, 0.25) is 5.02 Å². The maximum atomic E-state index is 12.3. The molecule has 0 radical (unpaired) electrons. The molecule has 1 fully saturated rings. The minimum atomic E-state index is -0.0189. The zero-order valence-electron chi connectivity index (χ0n) is 9.70. The van der Waals surface area contributed by atoms with Crippen molar-refractivity contribution in [3.8, 4) is 6.07 Å². The van der Waals surface area contributed by atoms with Crippen molar-refractivity contribution in [1.82, 2.24) is 4.90 Å². The second-order valence-corrected chi connectivity index (χ2v) is 5.71. The molecule has 2 rings (SSSR count). The Kier molecular flexibility index (Phi) is 4.26. The molecule has 1 aliphatic heterocycles. The molecule has 1 amide bonds. The number of likely N-dealkylation sites (tertiary alicyclic amines) is 1. The highest BCUT2D eigenvalue weighted by Crippen LogP contribution is 2.23. The number of halogens is 2. The lowest BCUT2D eigenvalue weighted by Crippen LogP contribution is -2.38. The molecule has 1 aromatic carbocycles. The Balaban J connectivity index is 2.10. The van der Waals surface area contributed by atoms with Crippen molar-refractivity contribution in [3.05, 3.63) is 33.3 Å². The van der Waals surface area contributed by atoms with Crippen molar-refractivity contribution in [2.75, 3.05) is 13.1 Å². The molecule has 0 saturated carbocycles. The van der Waals surface area contributed by atoms with Gasteiger partial charge in [-0.05, 0) is 31.0 Å². The summed E-state index contributed by atoms with van der Waals surface area (Å²) in [5, 5.41) is 9.37. The largest absolute Gasteiger partial charge is 0.339 e. The van der Waals surface area contributed by atoms with Crippen LogP contribution in [-0.4, -0.2) is 23.9 Å². The number of hydrogen-bond donors (Lipinski definition) is 0. The Hall–Kier alpha value is -1.05. The van der Waals surface area contributed by atoms with Crippen LogP contribution in [0.4, 0.5) is 0 Å². The third-order valence-electron chi connectivity index (χ3n) is 3.07. The van der Waals surface area contributed by atoms with Gasteiger partial charge in [0.05, 0.1) is 6.07 Å². The summed E-state index contributed by atoms with van der Waals surface area (Å²) in [5.74, 6) is 0.0646. The maximum Gasteiger partial charge on any atom is 0.253 e. The Morgan fingerprint density at radius 1 is 1.39 bits per heavy atom. The first-order valence-electron chi connectivity index (χ1n) is 5.75. The van der Waals surface area contributed by atoms with Gasteiger partial charge in [0.1, 0.15) is 0 Å². The lowest BCUT2D eigenvalue weighted by molar-refractivity contribution is 0.0707. The monoisotopic (exact) mass is 326 g/mol. The molecule has 0 atom stereocenters. The van der Waals surface area contributed by atoms with Crippen molar-refractivity contribution in [2.45, 2.75) is 12.8 Å². The lowest BCUT2D eigenvalue weighted by atomic mass is 9.98. The minimum Gasteiger partial charge on any atom is -0.339 e. The summed E-state index contributed by atoms with van der Waals surface area (Å²) in [7, 11) is 0. The van der Waals surface area contributed by atoms with E-state index in [0.717, 1.165) is 17.3 Å². The number of carbonyl (C=O) groups excluding carboxylic acids is 1. The zero-order chi connectivity index (χ0) is 13.1. The van der Waals surface area contributed by atoms with Crippen LogP contribution in [0, 0.1) is 17.2 Å². The number of amides is 1. The Bertz CT molecular complexity index is 484. The van der Waals surface area contributed by atoms with E-state index in [4.69, 9.17) is 16.9 Å². The summed E-state index contributed by atoms with van der Waals surface area (Å²) in [6, 6.07) is 7.45. The van der Waals surface area contributed by atoms with E-state index in [9.17, 15) is 4.79 Å². The third-order valence-corrected chi connectivity index (χ3v) is 3.75. The lowest BCUT2D eigenvalue weighted by Gasteiger charge is -2.29. The van der Waals surface area contributed by atoms with E-state index >= 15 is 0 Å². The average molecular weight is 328 g/mol. The average Bonchev–Trinajstić information content (AvgIpc) is 2.37. The van der Waals surface area contributed by atoms with Gasteiger partial charge < -0.3 is 4.90 Å². The SMILES string of the molecule is N#CC1CCN(C(=O)c2cc(Cl)cc(Br)c2)CC1. The molecule has 0 N–H and O–H groups in total. The van der Waals surface area contributed by atoms with E-state index in [1.54, 1.807) is 23.1 Å². The van der Waals surface area contributed by atoms with E-state index in [2.05, 4.69) is 22.0 Å². The fourth-order valence-electron chi connectivity index (χ4n) is 2.07. The van der Waals surface area contributed by atoms with Gasteiger partial charge in [0.25, 0.3) is 5.91 Å². The van der Waals surface area contributed by atoms with Crippen LogP contribution in [0.25, 0.3) is 0 Å². The molecule has 1 heterocycles.